The van der Waals surface area contributed by atoms with Crippen LogP contribution in [0.2, 0.25) is 0 Å². The minimum Gasteiger partial charge on any atom is -0.396 e. The fourth-order valence-electron chi connectivity index (χ4n) is 3.50. The van der Waals surface area contributed by atoms with E-state index in [4.69, 9.17) is 4.99 Å². The van der Waals surface area contributed by atoms with Crippen LogP contribution in [0.1, 0.15) is 38.2 Å². The van der Waals surface area contributed by atoms with Crippen LogP contribution in [0.4, 0.5) is 0 Å². The molecule has 0 bridgehead atoms. The number of benzene rings is 1. The monoisotopic (exact) mass is 344 g/mol. The third kappa shape index (κ3) is 5.19. The first-order valence-corrected chi connectivity index (χ1v) is 9.66. The number of hydrogen-bond donors (Lipinski definition) is 3. The molecular formula is C20H32N4O. The standard InChI is InChI=1S/C20H32N4O/c1-2-21-19(23-15-20(16-25)10-11-20)22-13-18-9-6-12-24(18)14-17-7-4-3-5-8-17/h3-5,7-8,18,25H,2,6,9-16H2,1H3,(H2,21,22,23). The molecule has 0 aromatic heterocycles. The first-order chi connectivity index (χ1) is 12.2. The van der Waals surface area contributed by atoms with Gasteiger partial charge in [-0.1, -0.05) is 30.3 Å². The zero-order chi connectivity index (χ0) is 17.5. The molecule has 5 heteroatoms. The molecule has 3 rings (SSSR count). The molecule has 25 heavy (non-hydrogen) atoms. The highest BCUT2D eigenvalue weighted by Crippen LogP contribution is 2.45. The summed E-state index contributed by atoms with van der Waals surface area (Å²) in [6, 6.07) is 11.3. The molecule has 2 aliphatic rings. The molecule has 3 N–H and O–H groups in total. The van der Waals surface area contributed by atoms with E-state index in [1.54, 1.807) is 0 Å². The smallest absolute Gasteiger partial charge is 0.191 e. The zero-order valence-electron chi connectivity index (χ0n) is 15.4. The van der Waals surface area contributed by atoms with Gasteiger partial charge < -0.3 is 15.7 Å². The van der Waals surface area contributed by atoms with Crippen molar-refractivity contribution in [3.05, 3.63) is 35.9 Å². The van der Waals surface area contributed by atoms with Gasteiger partial charge >= 0.3 is 0 Å². The minimum atomic E-state index is 0.0645. The predicted molar refractivity (Wildman–Crippen MR) is 103 cm³/mol. The molecule has 1 saturated heterocycles. The van der Waals surface area contributed by atoms with Gasteiger partial charge in [0.05, 0.1) is 13.2 Å². The molecule has 1 aliphatic heterocycles. The Morgan fingerprint density at radius 2 is 2.08 bits per heavy atom. The van der Waals surface area contributed by atoms with Gasteiger partial charge in [0.2, 0.25) is 0 Å². The summed E-state index contributed by atoms with van der Waals surface area (Å²) >= 11 is 0. The van der Waals surface area contributed by atoms with E-state index in [1.165, 1.54) is 24.9 Å². The number of aliphatic hydroxyl groups is 1. The van der Waals surface area contributed by atoms with E-state index in [0.29, 0.717) is 6.04 Å². The Bertz CT molecular complexity index is 556. The van der Waals surface area contributed by atoms with Crippen molar-refractivity contribution in [1.29, 1.82) is 0 Å². The van der Waals surface area contributed by atoms with E-state index in [2.05, 4.69) is 52.8 Å². The van der Waals surface area contributed by atoms with E-state index in [1.807, 2.05) is 0 Å². The molecule has 1 aliphatic carbocycles. The molecule has 0 spiro atoms. The number of likely N-dealkylation sites (tertiary alicyclic amines) is 1. The number of nitrogens with zero attached hydrogens (tertiary/aromatic N) is 2. The topological polar surface area (TPSA) is 59.9 Å². The SMILES string of the molecule is CCNC(=NCC1(CO)CC1)NCC1CCCN1Cc1ccccc1. The predicted octanol–water partition coefficient (Wildman–Crippen LogP) is 1.98. The summed E-state index contributed by atoms with van der Waals surface area (Å²) in [5.74, 6) is 0.883. The van der Waals surface area contributed by atoms with Crippen LogP contribution < -0.4 is 10.6 Å². The maximum absolute atomic E-state index is 9.46. The molecule has 0 amide bonds. The third-order valence-corrected chi connectivity index (χ3v) is 5.44. The Kier molecular flexibility index (Phi) is 6.32. The Hall–Kier alpha value is -1.59. The molecule has 1 aromatic carbocycles. The molecule has 2 fully saturated rings. The molecule has 138 valence electrons. The van der Waals surface area contributed by atoms with Gasteiger partial charge in [-0.15, -0.1) is 0 Å². The maximum Gasteiger partial charge on any atom is 0.191 e. The molecule has 1 heterocycles. The van der Waals surface area contributed by atoms with Crippen LogP contribution in [-0.4, -0.2) is 54.8 Å². The molecular weight excluding hydrogens is 312 g/mol. The highest BCUT2D eigenvalue weighted by Gasteiger charge is 2.41. The number of nitrogens with one attached hydrogen (secondary N) is 2. The number of aliphatic imine (C=N–C) groups is 1. The Labute approximate surface area is 151 Å². The largest absolute Gasteiger partial charge is 0.396 e. The average Bonchev–Trinajstić information content (AvgIpc) is 3.30. The average molecular weight is 345 g/mol. The highest BCUT2D eigenvalue weighted by molar-refractivity contribution is 5.79. The summed E-state index contributed by atoms with van der Waals surface area (Å²) in [4.78, 5) is 7.28. The van der Waals surface area contributed by atoms with Gasteiger partial charge in [-0.3, -0.25) is 9.89 Å². The van der Waals surface area contributed by atoms with Crippen LogP contribution in [0.15, 0.2) is 35.3 Å². The second-order valence-corrected chi connectivity index (χ2v) is 7.49. The number of hydrogen-bond acceptors (Lipinski definition) is 3. The number of aliphatic hydroxyl groups excluding tert-OH is 1. The van der Waals surface area contributed by atoms with Crippen molar-refractivity contribution >= 4 is 5.96 Å². The molecule has 1 aromatic rings. The van der Waals surface area contributed by atoms with Gasteiger partial charge in [-0.05, 0) is 44.7 Å². The first-order valence-electron chi connectivity index (χ1n) is 9.66. The fraction of sp³-hybridized carbons (Fsp3) is 0.650. The molecule has 1 saturated carbocycles. The van der Waals surface area contributed by atoms with E-state index < -0.39 is 0 Å². The van der Waals surface area contributed by atoms with E-state index in [-0.39, 0.29) is 12.0 Å². The summed E-state index contributed by atoms with van der Waals surface area (Å²) in [7, 11) is 0. The third-order valence-electron chi connectivity index (χ3n) is 5.44. The lowest BCUT2D eigenvalue weighted by Crippen LogP contribution is -2.45. The second-order valence-electron chi connectivity index (χ2n) is 7.49. The van der Waals surface area contributed by atoms with Gasteiger partial charge in [0.1, 0.15) is 0 Å². The van der Waals surface area contributed by atoms with Crippen molar-refractivity contribution in [2.45, 2.75) is 45.2 Å². The lowest BCUT2D eigenvalue weighted by molar-refractivity contribution is 0.216. The lowest BCUT2D eigenvalue weighted by atomic mass is 10.1. The summed E-state index contributed by atoms with van der Waals surface area (Å²) in [5.41, 5.74) is 1.45. The van der Waals surface area contributed by atoms with Crippen LogP contribution in [0.5, 0.6) is 0 Å². The van der Waals surface area contributed by atoms with E-state index in [0.717, 1.165) is 45.0 Å². The molecule has 1 atom stereocenters. The minimum absolute atomic E-state index is 0.0645. The van der Waals surface area contributed by atoms with Crippen molar-refractivity contribution in [2.75, 3.05) is 32.8 Å². The van der Waals surface area contributed by atoms with Crippen LogP contribution in [0.3, 0.4) is 0 Å². The van der Waals surface area contributed by atoms with Gasteiger partial charge in [0.25, 0.3) is 0 Å². The van der Waals surface area contributed by atoms with Crippen molar-refractivity contribution in [3.63, 3.8) is 0 Å². The Morgan fingerprint density at radius 3 is 2.76 bits per heavy atom. The van der Waals surface area contributed by atoms with Gasteiger partial charge in [-0.25, -0.2) is 0 Å². The van der Waals surface area contributed by atoms with Crippen LogP contribution >= 0.6 is 0 Å². The summed E-state index contributed by atoms with van der Waals surface area (Å²) in [6.45, 7) is 7.03. The molecule has 0 radical (unpaired) electrons. The first kappa shape index (κ1) is 18.2. The van der Waals surface area contributed by atoms with Gasteiger partial charge in [0, 0.05) is 31.1 Å². The van der Waals surface area contributed by atoms with E-state index in [9.17, 15) is 5.11 Å². The van der Waals surface area contributed by atoms with Crippen molar-refractivity contribution in [3.8, 4) is 0 Å². The van der Waals surface area contributed by atoms with Crippen molar-refractivity contribution in [1.82, 2.24) is 15.5 Å². The lowest BCUT2D eigenvalue weighted by Gasteiger charge is -2.25. The summed E-state index contributed by atoms with van der Waals surface area (Å²) in [5, 5.41) is 16.3. The fourth-order valence-corrected chi connectivity index (χ4v) is 3.50. The number of rotatable bonds is 8. The van der Waals surface area contributed by atoms with E-state index >= 15 is 0 Å². The van der Waals surface area contributed by atoms with Gasteiger partial charge in [0.15, 0.2) is 5.96 Å². The van der Waals surface area contributed by atoms with Crippen LogP contribution in [0.25, 0.3) is 0 Å². The Morgan fingerprint density at radius 1 is 1.28 bits per heavy atom. The molecule has 5 nitrogen and oxygen atoms in total. The van der Waals surface area contributed by atoms with Gasteiger partial charge in [-0.2, -0.15) is 0 Å². The zero-order valence-corrected chi connectivity index (χ0v) is 15.4. The van der Waals surface area contributed by atoms with Crippen molar-refractivity contribution in [2.24, 2.45) is 10.4 Å². The normalized spacial score (nSPS) is 22.8. The molecule has 1 unspecified atom stereocenters. The van der Waals surface area contributed by atoms with Crippen molar-refractivity contribution < 1.29 is 5.11 Å². The van der Waals surface area contributed by atoms with Crippen LogP contribution in [0, 0.1) is 5.41 Å². The number of guanidine groups is 1. The summed E-state index contributed by atoms with van der Waals surface area (Å²) < 4.78 is 0. The van der Waals surface area contributed by atoms with Crippen LogP contribution in [-0.2, 0) is 6.54 Å². The second kappa shape index (κ2) is 8.68. The maximum atomic E-state index is 9.46. The quantitative estimate of drug-likeness (QED) is 0.498. The Balaban J connectivity index is 1.51. The highest BCUT2D eigenvalue weighted by atomic mass is 16.3. The summed E-state index contributed by atoms with van der Waals surface area (Å²) in [6.07, 6.45) is 4.69.